The molecule has 6 nitrogen and oxygen atoms in total. The van der Waals surface area contributed by atoms with Crippen molar-refractivity contribution in [3.8, 4) is 0 Å². The van der Waals surface area contributed by atoms with Gasteiger partial charge in [-0.05, 0) is 64.2 Å². The van der Waals surface area contributed by atoms with Crippen molar-refractivity contribution in [2.75, 3.05) is 13.2 Å². The minimum atomic E-state index is -0.864. The highest BCUT2D eigenvalue weighted by molar-refractivity contribution is 5.72. The molecule has 302 valence electrons. The molecule has 1 unspecified atom stereocenters. The molecule has 0 aromatic heterocycles. The lowest BCUT2D eigenvalue weighted by molar-refractivity contribution is -0.166. The Morgan fingerprint density at radius 3 is 1.38 bits per heavy atom. The maximum Gasteiger partial charge on any atom is 0.309 e. The predicted octanol–water partition coefficient (Wildman–Crippen LogP) is 13.0. The normalized spacial score (nSPS) is 13.6. The molecule has 0 aliphatic rings. The topological polar surface area (TPSA) is 78.9 Å². The molecule has 0 amide bonds. The Labute approximate surface area is 334 Å². The van der Waals surface area contributed by atoms with Crippen molar-refractivity contribution < 1.29 is 28.6 Å². The van der Waals surface area contributed by atoms with Crippen LogP contribution in [0.4, 0.5) is 0 Å². The van der Waals surface area contributed by atoms with Crippen LogP contribution < -0.4 is 0 Å². The van der Waals surface area contributed by atoms with Gasteiger partial charge in [0.1, 0.15) is 13.2 Å². The highest BCUT2D eigenvalue weighted by atomic mass is 16.6. The summed E-state index contributed by atoms with van der Waals surface area (Å²) in [5, 5.41) is 0. The summed E-state index contributed by atoms with van der Waals surface area (Å²) in [5.41, 5.74) is 0. The molecule has 1 atom stereocenters. The average molecular weight is 755 g/mol. The molecule has 0 aliphatic carbocycles. The number of allylic oxidation sites excluding steroid dienone is 23. The van der Waals surface area contributed by atoms with Gasteiger partial charge in [-0.2, -0.15) is 0 Å². The Hall–Kier alpha value is -4.71. The molecule has 0 radical (unpaired) electrons. The Morgan fingerprint density at radius 1 is 0.400 bits per heavy atom. The highest BCUT2D eigenvalue weighted by Gasteiger charge is 2.19. The van der Waals surface area contributed by atoms with Gasteiger partial charge in [-0.15, -0.1) is 0 Å². The van der Waals surface area contributed by atoms with E-state index in [1.807, 2.05) is 91.1 Å². The Balaban J connectivity index is 4.65. The molecular weight excluding hydrogens is 685 g/mol. The van der Waals surface area contributed by atoms with Crippen molar-refractivity contribution in [1.29, 1.82) is 0 Å². The van der Waals surface area contributed by atoms with E-state index < -0.39 is 18.0 Å². The third-order valence-electron chi connectivity index (χ3n) is 7.58. The van der Waals surface area contributed by atoms with E-state index in [0.717, 1.165) is 70.6 Å². The van der Waals surface area contributed by atoms with E-state index in [4.69, 9.17) is 14.2 Å². The van der Waals surface area contributed by atoms with Gasteiger partial charge in [0.15, 0.2) is 6.10 Å². The second-order valence-corrected chi connectivity index (χ2v) is 12.6. The van der Waals surface area contributed by atoms with Crippen LogP contribution in [0.15, 0.2) is 146 Å². The summed E-state index contributed by atoms with van der Waals surface area (Å²) < 4.78 is 16.4. The van der Waals surface area contributed by atoms with Crippen molar-refractivity contribution >= 4 is 17.9 Å². The number of carbonyl (C=O) groups is 3. The number of ether oxygens (including phenoxy) is 3. The number of unbranched alkanes of at least 4 members (excludes halogenated alkanes) is 6. The molecule has 0 fully saturated rings. The van der Waals surface area contributed by atoms with Gasteiger partial charge < -0.3 is 14.2 Å². The van der Waals surface area contributed by atoms with Crippen LogP contribution in [-0.4, -0.2) is 37.2 Å². The first kappa shape index (κ1) is 50.3. The zero-order valence-corrected chi connectivity index (χ0v) is 34.1. The first-order valence-corrected chi connectivity index (χ1v) is 20.5. The number of esters is 3. The van der Waals surface area contributed by atoms with Gasteiger partial charge >= 0.3 is 17.9 Å². The largest absolute Gasteiger partial charge is 0.462 e. The molecule has 0 aromatic carbocycles. The minimum absolute atomic E-state index is 0.107. The molecule has 0 heterocycles. The standard InChI is InChI=1S/C49H70O6/c1-4-7-10-13-16-19-21-23-24-26-27-30-33-36-39-42-48(51)54-45-46(44-53-47(50)41-38-35-32-29-18-15-12-9-6-3)55-49(52)43-40-37-34-31-28-25-22-20-17-14-11-8-5-2/h7-14,16-25,28-29,31,34-35,38,46H,4-6,15,26-27,30,32-33,36-37,39-45H2,1-3H3/b10-7-,11-8-,12-9-,16-13-,17-14-,21-19-,22-20-,24-23-,28-25-,29-18-,34-31-,38-35-. The molecule has 0 bridgehead atoms. The molecule has 0 rings (SSSR count). The van der Waals surface area contributed by atoms with Gasteiger partial charge in [0.25, 0.3) is 0 Å². The second-order valence-electron chi connectivity index (χ2n) is 12.6. The van der Waals surface area contributed by atoms with Gasteiger partial charge in [-0.3, -0.25) is 14.4 Å². The fraction of sp³-hybridized carbons (Fsp3) is 0.449. The smallest absolute Gasteiger partial charge is 0.309 e. The second kappa shape index (κ2) is 42.0. The molecule has 6 heteroatoms. The number of hydrogen-bond acceptors (Lipinski definition) is 6. The third-order valence-corrected chi connectivity index (χ3v) is 7.58. The lowest BCUT2D eigenvalue weighted by atomic mass is 10.1. The summed E-state index contributed by atoms with van der Waals surface area (Å²) in [5.74, 6) is -1.20. The minimum Gasteiger partial charge on any atom is -0.462 e. The van der Waals surface area contributed by atoms with Crippen LogP contribution in [-0.2, 0) is 28.6 Å². The quantitative estimate of drug-likeness (QED) is 0.0218. The van der Waals surface area contributed by atoms with E-state index in [9.17, 15) is 14.4 Å². The van der Waals surface area contributed by atoms with E-state index in [0.29, 0.717) is 19.3 Å². The summed E-state index contributed by atoms with van der Waals surface area (Å²) in [6, 6.07) is 0. The van der Waals surface area contributed by atoms with Crippen molar-refractivity contribution in [1.82, 2.24) is 0 Å². The van der Waals surface area contributed by atoms with Crippen LogP contribution in [0.5, 0.6) is 0 Å². The van der Waals surface area contributed by atoms with E-state index in [1.54, 1.807) is 6.08 Å². The monoisotopic (exact) mass is 755 g/mol. The molecule has 0 aromatic rings. The molecule has 0 saturated carbocycles. The average Bonchev–Trinajstić information content (AvgIpc) is 3.18. The van der Waals surface area contributed by atoms with Crippen LogP contribution >= 0.6 is 0 Å². The highest BCUT2D eigenvalue weighted by Crippen LogP contribution is 2.10. The van der Waals surface area contributed by atoms with Gasteiger partial charge in [0.2, 0.25) is 0 Å². The van der Waals surface area contributed by atoms with E-state index in [2.05, 4.69) is 69.4 Å². The van der Waals surface area contributed by atoms with Crippen molar-refractivity contribution in [2.45, 2.75) is 130 Å². The summed E-state index contributed by atoms with van der Waals surface area (Å²) in [4.78, 5) is 37.5. The van der Waals surface area contributed by atoms with Gasteiger partial charge in [-0.25, -0.2) is 0 Å². The number of hydrogen-bond donors (Lipinski definition) is 0. The van der Waals surface area contributed by atoms with E-state index in [1.165, 1.54) is 0 Å². The van der Waals surface area contributed by atoms with Crippen LogP contribution in [0, 0.1) is 0 Å². The maximum absolute atomic E-state index is 12.6. The molecule has 0 spiro atoms. The van der Waals surface area contributed by atoms with Crippen molar-refractivity contribution in [3.63, 3.8) is 0 Å². The molecule has 0 saturated heterocycles. The summed E-state index contributed by atoms with van der Waals surface area (Å²) in [7, 11) is 0. The zero-order chi connectivity index (χ0) is 40.1. The first-order chi connectivity index (χ1) is 27.0. The lowest BCUT2D eigenvalue weighted by Gasteiger charge is -2.18. The molecule has 0 aliphatic heterocycles. The summed E-state index contributed by atoms with van der Waals surface area (Å²) in [6.07, 6.45) is 60.1. The zero-order valence-electron chi connectivity index (χ0n) is 34.1. The van der Waals surface area contributed by atoms with Crippen LogP contribution in [0.25, 0.3) is 0 Å². The van der Waals surface area contributed by atoms with Crippen LogP contribution in [0.3, 0.4) is 0 Å². The Morgan fingerprint density at radius 2 is 0.818 bits per heavy atom. The summed E-state index contributed by atoms with van der Waals surface area (Å²) in [6.45, 7) is 5.99. The Kier molecular flexibility index (Phi) is 38.4. The van der Waals surface area contributed by atoms with Gasteiger partial charge in [0, 0.05) is 12.8 Å². The van der Waals surface area contributed by atoms with Gasteiger partial charge in [-0.1, -0.05) is 186 Å². The van der Waals surface area contributed by atoms with Gasteiger partial charge in [0.05, 0.1) is 6.42 Å². The first-order valence-electron chi connectivity index (χ1n) is 20.5. The predicted molar refractivity (Wildman–Crippen MR) is 232 cm³/mol. The summed E-state index contributed by atoms with van der Waals surface area (Å²) >= 11 is 0. The van der Waals surface area contributed by atoms with E-state index >= 15 is 0 Å². The fourth-order valence-electron chi connectivity index (χ4n) is 4.60. The number of carbonyl (C=O) groups excluding carboxylic acids is 3. The molecular formula is C49H70O6. The van der Waals surface area contributed by atoms with E-state index in [-0.39, 0.29) is 32.0 Å². The van der Waals surface area contributed by atoms with Crippen LogP contribution in [0.2, 0.25) is 0 Å². The van der Waals surface area contributed by atoms with Crippen LogP contribution in [0.1, 0.15) is 124 Å². The number of rotatable bonds is 33. The SMILES string of the molecule is CC\C=C/C=C\C=C/C=C\C=C/CCCC(=O)OC(COC(=O)C/C=C\C/C=C\C/C=C\CC)COC(=O)CCCCCCC\C=C/C=C\C=C/C=C\CC. The van der Waals surface area contributed by atoms with Crippen molar-refractivity contribution in [3.05, 3.63) is 146 Å². The fourth-order valence-corrected chi connectivity index (χ4v) is 4.60. The molecule has 55 heavy (non-hydrogen) atoms. The Bertz CT molecular complexity index is 1330. The maximum atomic E-state index is 12.6. The lowest BCUT2D eigenvalue weighted by Crippen LogP contribution is -2.30. The van der Waals surface area contributed by atoms with Crippen molar-refractivity contribution in [2.24, 2.45) is 0 Å². The third kappa shape index (κ3) is 40.3. The molecule has 0 N–H and O–H groups in total.